The van der Waals surface area contributed by atoms with Gasteiger partial charge in [0, 0.05) is 7.11 Å². The van der Waals surface area contributed by atoms with E-state index in [0.29, 0.717) is 12.4 Å². The van der Waals surface area contributed by atoms with Crippen LogP contribution in [0.25, 0.3) is 0 Å². The molecule has 3 heteroatoms. The molecule has 0 bridgehead atoms. The van der Waals surface area contributed by atoms with Crippen molar-refractivity contribution in [1.82, 2.24) is 0 Å². The lowest BCUT2D eigenvalue weighted by Crippen LogP contribution is -1.97. The normalized spacial score (nSPS) is 9.62. The third kappa shape index (κ3) is 3.25. The highest BCUT2D eigenvalue weighted by molar-refractivity contribution is 5.51. The van der Waals surface area contributed by atoms with Crippen LogP contribution >= 0.6 is 0 Å². The van der Waals surface area contributed by atoms with Crippen molar-refractivity contribution in [3.8, 4) is 5.75 Å². The summed E-state index contributed by atoms with van der Waals surface area (Å²) in [7, 11) is 1.65. The molecule has 0 aliphatic heterocycles. The summed E-state index contributed by atoms with van der Waals surface area (Å²) >= 11 is 0. The molecule has 0 saturated carbocycles. The van der Waals surface area contributed by atoms with E-state index in [0.717, 1.165) is 11.8 Å². The van der Waals surface area contributed by atoms with Gasteiger partial charge in [0.2, 0.25) is 0 Å². The third-order valence-electron chi connectivity index (χ3n) is 1.55. The summed E-state index contributed by atoms with van der Waals surface area (Å²) < 4.78 is 10.0. The molecule has 0 fully saturated rings. The van der Waals surface area contributed by atoms with Gasteiger partial charge in [0.05, 0.1) is 6.61 Å². The Balaban J connectivity index is 2.53. The highest BCUT2D eigenvalue weighted by atomic mass is 16.5. The number of carbonyl (C=O) groups excluding carboxylic acids is 1. The lowest BCUT2D eigenvalue weighted by atomic mass is 10.2. The van der Waals surface area contributed by atoms with E-state index in [-0.39, 0.29) is 6.61 Å². The minimum atomic E-state index is 0.101. The summed E-state index contributed by atoms with van der Waals surface area (Å²) in [5.41, 5.74) is 1.08. The molecule has 13 heavy (non-hydrogen) atoms. The van der Waals surface area contributed by atoms with Crippen molar-refractivity contribution in [2.75, 3.05) is 13.7 Å². The first-order chi connectivity index (χ1) is 6.36. The van der Waals surface area contributed by atoms with E-state index in [1.165, 1.54) is 0 Å². The molecule has 0 atom stereocenters. The minimum absolute atomic E-state index is 0.101. The van der Waals surface area contributed by atoms with Gasteiger partial charge >= 0.3 is 0 Å². The Labute approximate surface area is 77.3 Å². The first-order valence-corrected chi connectivity index (χ1v) is 4.01. The Morgan fingerprint density at radius 2 is 2.00 bits per heavy atom. The number of hydrogen-bond acceptors (Lipinski definition) is 3. The zero-order chi connectivity index (χ0) is 9.52. The summed E-state index contributed by atoms with van der Waals surface area (Å²) in [5, 5.41) is 0. The average molecular weight is 180 g/mol. The third-order valence-corrected chi connectivity index (χ3v) is 1.55. The number of benzene rings is 1. The van der Waals surface area contributed by atoms with Crippen LogP contribution in [0, 0.1) is 0 Å². The van der Waals surface area contributed by atoms with Crippen molar-refractivity contribution in [3.63, 3.8) is 0 Å². The van der Waals surface area contributed by atoms with E-state index in [1.54, 1.807) is 7.11 Å². The summed E-state index contributed by atoms with van der Waals surface area (Å²) in [4.78, 5) is 10.0. The number of hydrogen-bond donors (Lipinski definition) is 0. The molecule has 0 aromatic heterocycles. The monoisotopic (exact) mass is 180 g/mol. The topological polar surface area (TPSA) is 35.5 Å². The van der Waals surface area contributed by atoms with Crippen molar-refractivity contribution >= 4 is 6.29 Å². The zero-order valence-electron chi connectivity index (χ0n) is 7.53. The molecular formula is C10H12O3. The van der Waals surface area contributed by atoms with Crippen LogP contribution in [0.3, 0.4) is 0 Å². The van der Waals surface area contributed by atoms with Gasteiger partial charge < -0.3 is 9.47 Å². The molecule has 0 aliphatic rings. The van der Waals surface area contributed by atoms with Crippen molar-refractivity contribution in [2.45, 2.75) is 6.61 Å². The number of rotatable bonds is 5. The SMILES string of the molecule is COCc1ccc(OCC=O)cc1. The van der Waals surface area contributed by atoms with E-state index in [9.17, 15) is 4.79 Å². The molecular weight excluding hydrogens is 168 g/mol. The average Bonchev–Trinajstić information content (AvgIpc) is 2.17. The molecule has 0 amide bonds. The second-order valence-electron chi connectivity index (χ2n) is 2.55. The smallest absolute Gasteiger partial charge is 0.157 e. The highest BCUT2D eigenvalue weighted by Crippen LogP contribution is 2.12. The van der Waals surface area contributed by atoms with Crippen LogP contribution < -0.4 is 4.74 Å². The van der Waals surface area contributed by atoms with Crippen LogP contribution in [0.15, 0.2) is 24.3 Å². The lowest BCUT2D eigenvalue weighted by Gasteiger charge is -2.03. The Bertz CT molecular complexity index is 253. The van der Waals surface area contributed by atoms with E-state index in [1.807, 2.05) is 24.3 Å². The fourth-order valence-corrected chi connectivity index (χ4v) is 0.979. The van der Waals surface area contributed by atoms with Crippen molar-refractivity contribution in [3.05, 3.63) is 29.8 Å². The Kier molecular flexibility index (Phi) is 3.99. The molecule has 0 spiro atoms. The van der Waals surface area contributed by atoms with Crippen molar-refractivity contribution in [2.24, 2.45) is 0 Å². The van der Waals surface area contributed by atoms with E-state index in [4.69, 9.17) is 9.47 Å². The second kappa shape index (κ2) is 5.32. The van der Waals surface area contributed by atoms with Gasteiger partial charge in [0.15, 0.2) is 6.29 Å². The molecule has 0 N–H and O–H groups in total. The van der Waals surface area contributed by atoms with Crippen LogP contribution in [-0.2, 0) is 16.1 Å². The first-order valence-electron chi connectivity index (χ1n) is 4.01. The maximum Gasteiger partial charge on any atom is 0.157 e. The molecule has 0 saturated heterocycles. The maximum absolute atomic E-state index is 10.0. The molecule has 0 aliphatic carbocycles. The number of ether oxygens (including phenoxy) is 2. The van der Waals surface area contributed by atoms with Gasteiger partial charge in [0.25, 0.3) is 0 Å². The molecule has 3 nitrogen and oxygen atoms in total. The zero-order valence-corrected chi connectivity index (χ0v) is 7.53. The Hall–Kier alpha value is -1.35. The van der Waals surface area contributed by atoms with Gasteiger partial charge in [-0.3, -0.25) is 4.79 Å². The number of aldehydes is 1. The van der Waals surface area contributed by atoms with Crippen LogP contribution in [0.4, 0.5) is 0 Å². The van der Waals surface area contributed by atoms with Gasteiger partial charge in [-0.25, -0.2) is 0 Å². The number of carbonyl (C=O) groups is 1. The predicted octanol–water partition coefficient (Wildman–Crippen LogP) is 1.41. The fourth-order valence-electron chi connectivity index (χ4n) is 0.979. The molecule has 70 valence electrons. The van der Waals surface area contributed by atoms with Crippen molar-refractivity contribution in [1.29, 1.82) is 0 Å². The Morgan fingerprint density at radius 3 is 2.54 bits per heavy atom. The molecule has 1 aromatic rings. The summed E-state index contributed by atoms with van der Waals surface area (Å²) in [6.07, 6.45) is 0.725. The molecule has 0 heterocycles. The minimum Gasteiger partial charge on any atom is -0.486 e. The number of methoxy groups -OCH3 is 1. The second-order valence-corrected chi connectivity index (χ2v) is 2.55. The maximum atomic E-state index is 10.0. The molecule has 0 unspecified atom stereocenters. The van der Waals surface area contributed by atoms with Gasteiger partial charge in [0.1, 0.15) is 12.4 Å². The van der Waals surface area contributed by atoms with E-state index in [2.05, 4.69) is 0 Å². The van der Waals surface area contributed by atoms with Crippen LogP contribution in [0.2, 0.25) is 0 Å². The molecule has 1 aromatic carbocycles. The summed E-state index contributed by atoms with van der Waals surface area (Å²) in [5.74, 6) is 0.701. The lowest BCUT2D eigenvalue weighted by molar-refractivity contribution is -0.109. The van der Waals surface area contributed by atoms with Gasteiger partial charge in [-0.2, -0.15) is 0 Å². The van der Waals surface area contributed by atoms with Crippen LogP contribution in [0.5, 0.6) is 5.75 Å². The van der Waals surface area contributed by atoms with Gasteiger partial charge in [-0.15, -0.1) is 0 Å². The summed E-state index contributed by atoms with van der Waals surface area (Å²) in [6.45, 7) is 0.692. The molecule has 1 rings (SSSR count). The van der Waals surface area contributed by atoms with Gasteiger partial charge in [-0.1, -0.05) is 12.1 Å². The molecule has 0 radical (unpaired) electrons. The van der Waals surface area contributed by atoms with E-state index < -0.39 is 0 Å². The van der Waals surface area contributed by atoms with Crippen LogP contribution in [-0.4, -0.2) is 20.0 Å². The predicted molar refractivity (Wildman–Crippen MR) is 48.7 cm³/mol. The fraction of sp³-hybridized carbons (Fsp3) is 0.300. The quantitative estimate of drug-likeness (QED) is 0.643. The first kappa shape index (κ1) is 9.74. The largest absolute Gasteiger partial charge is 0.486 e. The highest BCUT2D eigenvalue weighted by Gasteiger charge is 1.93. The summed E-state index contributed by atoms with van der Waals surface area (Å²) in [6, 6.07) is 7.45. The standard InChI is InChI=1S/C10H12O3/c1-12-8-9-2-4-10(5-3-9)13-7-6-11/h2-6H,7-8H2,1H3. The van der Waals surface area contributed by atoms with Crippen molar-refractivity contribution < 1.29 is 14.3 Å². The van der Waals surface area contributed by atoms with E-state index >= 15 is 0 Å². The van der Waals surface area contributed by atoms with Crippen LogP contribution in [0.1, 0.15) is 5.56 Å². The van der Waals surface area contributed by atoms with Gasteiger partial charge in [-0.05, 0) is 17.7 Å². The Morgan fingerprint density at radius 1 is 1.31 bits per heavy atom.